The van der Waals surface area contributed by atoms with Gasteiger partial charge in [0, 0.05) is 21.8 Å². The van der Waals surface area contributed by atoms with Crippen molar-refractivity contribution in [3.63, 3.8) is 0 Å². The molecule has 0 aliphatic rings. The van der Waals surface area contributed by atoms with Crippen molar-refractivity contribution in [3.05, 3.63) is 126 Å². The fourth-order valence-electron chi connectivity index (χ4n) is 5.33. The van der Waals surface area contributed by atoms with E-state index in [1.807, 2.05) is 84.9 Å². The number of hydrogen-bond donors (Lipinski definition) is 0. The minimum Gasteiger partial charge on any atom is -0.268 e. The Morgan fingerprint density at radius 2 is 0.952 bits per heavy atom. The highest BCUT2D eigenvalue weighted by atomic mass is 79.9. The summed E-state index contributed by atoms with van der Waals surface area (Å²) >= 11 is 6.96. The predicted molar refractivity (Wildman–Crippen MR) is 177 cm³/mol. The van der Waals surface area contributed by atoms with Gasteiger partial charge >= 0.3 is 0 Å². The molecule has 2 heterocycles. The predicted octanol–water partition coefficient (Wildman–Crippen LogP) is 8.18. The molecule has 0 saturated carbocycles. The van der Waals surface area contributed by atoms with Gasteiger partial charge in [0.15, 0.2) is 0 Å². The van der Waals surface area contributed by atoms with Gasteiger partial charge in [0.1, 0.15) is 11.6 Å². The number of benzene rings is 4. The minimum absolute atomic E-state index is 0.0776. The third-order valence-corrected chi connectivity index (χ3v) is 8.32. The van der Waals surface area contributed by atoms with E-state index in [0.717, 1.165) is 55.9 Å². The molecule has 0 amide bonds. The van der Waals surface area contributed by atoms with Crippen molar-refractivity contribution in [1.29, 1.82) is 0 Å². The fourth-order valence-corrected chi connectivity index (χ4v) is 6.05. The van der Waals surface area contributed by atoms with Gasteiger partial charge in [-0.2, -0.15) is 0 Å². The molecule has 8 heteroatoms. The standard InChI is InChI=1S/C34H28Br2N4O2/c1-3-5-31-37-29-17-11-23(35)19-27(29)33(41)39(31)25-13-7-21(8-14-25)22-9-15-26(16-10-22)40-32(6-4-2)38-30-18-12-24(36)20-28(30)34(40)42/h7-20H,3-6H2,1-2H3. The summed E-state index contributed by atoms with van der Waals surface area (Å²) < 4.78 is 5.13. The number of rotatable bonds is 7. The lowest BCUT2D eigenvalue weighted by atomic mass is 10.0. The second-order valence-corrected chi connectivity index (χ2v) is 12.1. The first-order valence-corrected chi connectivity index (χ1v) is 15.6. The van der Waals surface area contributed by atoms with Crippen LogP contribution in [0, 0.1) is 0 Å². The molecular formula is C34H28Br2N4O2. The molecule has 0 N–H and O–H groups in total. The maximum atomic E-state index is 13.6. The summed E-state index contributed by atoms with van der Waals surface area (Å²) in [4.78, 5) is 36.8. The Hall–Kier alpha value is -3.88. The van der Waals surface area contributed by atoms with Crippen molar-refractivity contribution in [3.8, 4) is 22.5 Å². The number of aromatic nitrogens is 4. The fraction of sp³-hybridized carbons (Fsp3) is 0.176. The van der Waals surface area contributed by atoms with Gasteiger partial charge < -0.3 is 0 Å². The minimum atomic E-state index is -0.0776. The maximum absolute atomic E-state index is 13.6. The lowest BCUT2D eigenvalue weighted by Gasteiger charge is -2.15. The second-order valence-electron chi connectivity index (χ2n) is 10.3. The second kappa shape index (κ2) is 11.8. The maximum Gasteiger partial charge on any atom is 0.266 e. The Labute approximate surface area is 260 Å². The third kappa shape index (κ3) is 5.25. The zero-order chi connectivity index (χ0) is 29.4. The van der Waals surface area contributed by atoms with Gasteiger partial charge in [0.05, 0.1) is 33.2 Å². The van der Waals surface area contributed by atoms with Crippen molar-refractivity contribution >= 4 is 53.7 Å². The Balaban J connectivity index is 1.38. The molecule has 0 saturated heterocycles. The molecule has 210 valence electrons. The van der Waals surface area contributed by atoms with Gasteiger partial charge in [-0.1, -0.05) is 70.0 Å². The summed E-state index contributed by atoms with van der Waals surface area (Å²) in [5.41, 5.74) is 4.83. The third-order valence-electron chi connectivity index (χ3n) is 7.33. The molecule has 6 aromatic rings. The monoisotopic (exact) mass is 682 g/mol. The average molecular weight is 684 g/mol. The molecule has 0 atom stereocenters. The van der Waals surface area contributed by atoms with E-state index in [-0.39, 0.29) is 11.1 Å². The van der Waals surface area contributed by atoms with Gasteiger partial charge in [-0.15, -0.1) is 0 Å². The molecule has 0 aliphatic heterocycles. The topological polar surface area (TPSA) is 69.8 Å². The van der Waals surface area contributed by atoms with Gasteiger partial charge in [0.25, 0.3) is 11.1 Å². The molecule has 0 radical (unpaired) electrons. The summed E-state index contributed by atoms with van der Waals surface area (Å²) in [7, 11) is 0. The van der Waals surface area contributed by atoms with Crippen LogP contribution in [0.2, 0.25) is 0 Å². The summed E-state index contributed by atoms with van der Waals surface area (Å²) in [6, 6.07) is 27.1. The van der Waals surface area contributed by atoms with E-state index in [1.165, 1.54) is 0 Å². The number of hydrogen-bond acceptors (Lipinski definition) is 4. The van der Waals surface area contributed by atoms with Crippen LogP contribution in [0.15, 0.2) is 103 Å². The zero-order valence-electron chi connectivity index (χ0n) is 23.3. The van der Waals surface area contributed by atoms with Crippen LogP contribution >= 0.6 is 31.9 Å². The smallest absolute Gasteiger partial charge is 0.266 e. The summed E-state index contributed by atoms with van der Waals surface area (Å²) in [6.45, 7) is 4.17. The molecule has 0 aliphatic carbocycles. The van der Waals surface area contributed by atoms with Crippen LogP contribution in [0.1, 0.15) is 38.3 Å². The summed E-state index contributed by atoms with van der Waals surface area (Å²) in [5.74, 6) is 1.50. The van der Waals surface area contributed by atoms with Gasteiger partial charge in [-0.3, -0.25) is 18.7 Å². The molecular weight excluding hydrogens is 656 g/mol. The molecule has 0 fully saturated rings. The van der Waals surface area contributed by atoms with Crippen LogP contribution < -0.4 is 11.1 Å². The van der Waals surface area contributed by atoms with E-state index in [9.17, 15) is 9.59 Å². The molecule has 42 heavy (non-hydrogen) atoms. The Morgan fingerprint density at radius 1 is 0.571 bits per heavy atom. The van der Waals surface area contributed by atoms with Crippen molar-refractivity contribution in [1.82, 2.24) is 19.1 Å². The summed E-state index contributed by atoms with van der Waals surface area (Å²) in [5, 5.41) is 1.16. The van der Waals surface area contributed by atoms with E-state index in [0.29, 0.717) is 34.6 Å². The van der Waals surface area contributed by atoms with E-state index in [4.69, 9.17) is 9.97 Å². The number of aryl methyl sites for hydroxylation is 2. The Morgan fingerprint density at radius 3 is 1.31 bits per heavy atom. The van der Waals surface area contributed by atoms with Crippen LogP contribution in [0.3, 0.4) is 0 Å². The normalized spacial score (nSPS) is 11.4. The number of fused-ring (bicyclic) bond motifs is 2. The first-order valence-electron chi connectivity index (χ1n) is 14.0. The Bertz CT molecular complexity index is 1910. The summed E-state index contributed by atoms with van der Waals surface area (Å²) in [6.07, 6.45) is 3.16. The van der Waals surface area contributed by atoms with Crippen molar-refractivity contribution in [2.75, 3.05) is 0 Å². The quantitative estimate of drug-likeness (QED) is 0.170. The lowest BCUT2D eigenvalue weighted by molar-refractivity contribution is 0.774. The molecule has 0 unspecified atom stereocenters. The highest BCUT2D eigenvalue weighted by molar-refractivity contribution is 9.10. The first-order chi connectivity index (χ1) is 20.4. The number of nitrogens with zero attached hydrogens (tertiary/aromatic N) is 4. The Kier molecular flexibility index (Phi) is 7.92. The van der Waals surface area contributed by atoms with Crippen molar-refractivity contribution in [2.24, 2.45) is 0 Å². The molecule has 0 bridgehead atoms. The van der Waals surface area contributed by atoms with Gasteiger partial charge in [-0.05, 0) is 84.6 Å². The van der Waals surface area contributed by atoms with Crippen LogP contribution in [0.4, 0.5) is 0 Å². The average Bonchev–Trinajstić information content (AvgIpc) is 2.99. The lowest BCUT2D eigenvalue weighted by Crippen LogP contribution is -2.24. The van der Waals surface area contributed by atoms with Crippen LogP contribution in [0.25, 0.3) is 44.3 Å². The van der Waals surface area contributed by atoms with Crippen LogP contribution in [0.5, 0.6) is 0 Å². The molecule has 0 spiro atoms. The van der Waals surface area contributed by atoms with Crippen LogP contribution in [-0.2, 0) is 12.8 Å². The van der Waals surface area contributed by atoms with Crippen LogP contribution in [-0.4, -0.2) is 19.1 Å². The zero-order valence-corrected chi connectivity index (χ0v) is 26.4. The largest absolute Gasteiger partial charge is 0.268 e. The van der Waals surface area contributed by atoms with Gasteiger partial charge in [0.2, 0.25) is 0 Å². The molecule has 4 aromatic carbocycles. The van der Waals surface area contributed by atoms with E-state index >= 15 is 0 Å². The molecule has 2 aromatic heterocycles. The van der Waals surface area contributed by atoms with Crippen molar-refractivity contribution < 1.29 is 0 Å². The highest BCUT2D eigenvalue weighted by Crippen LogP contribution is 2.25. The molecule has 6 rings (SSSR count). The number of halogens is 2. The van der Waals surface area contributed by atoms with Crippen molar-refractivity contribution in [2.45, 2.75) is 39.5 Å². The van der Waals surface area contributed by atoms with E-state index < -0.39 is 0 Å². The highest BCUT2D eigenvalue weighted by Gasteiger charge is 2.15. The first kappa shape index (κ1) is 28.2. The van der Waals surface area contributed by atoms with Gasteiger partial charge in [-0.25, -0.2) is 9.97 Å². The van der Waals surface area contributed by atoms with E-state index in [2.05, 4.69) is 45.7 Å². The van der Waals surface area contributed by atoms with E-state index in [1.54, 1.807) is 9.13 Å². The molecule has 6 nitrogen and oxygen atoms in total. The SMILES string of the molecule is CCCc1nc2ccc(Br)cc2c(=O)n1-c1ccc(-c2ccc(-n3c(CCC)nc4ccc(Br)cc4c3=O)cc2)cc1.